The summed E-state index contributed by atoms with van der Waals surface area (Å²) in [5, 5.41) is 18.8. The van der Waals surface area contributed by atoms with Crippen molar-refractivity contribution in [3.63, 3.8) is 0 Å². The number of nitrogens with two attached hydrogens (primary N) is 1. The Balaban J connectivity index is 1.83. The molecule has 21 heavy (non-hydrogen) atoms. The number of hydrogen-bond donors (Lipinski definition) is 2. The number of likely N-dealkylation sites (tertiary alicyclic amines) is 1. The van der Waals surface area contributed by atoms with Crippen LogP contribution in [0.5, 0.6) is 5.75 Å². The minimum absolute atomic E-state index is 0.139. The van der Waals surface area contributed by atoms with E-state index in [1.165, 1.54) is 0 Å². The number of halogens is 1. The van der Waals surface area contributed by atoms with Crippen LogP contribution in [0.3, 0.4) is 0 Å². The summed E-state index contributed by atoms with van der Waals surface area (Å²) in [5.74, 6) is 0.694. The standard InChI is InChI=1S/C15H20ClN3O2/c16-15-7-14(2-1-11(15)8-17)21-13-3-5-19(6-4-13)10-12(20)9-18/h1-2,7,12-13,20H,3-6,9-10,18H2/t12-/m1/s1. The molecule has 1 atom stereocenters. The first kappa shape index (κ1) is 16.1. The number of β-amino-alcohol motifs (C(OH)–C–C–N with tert-alkyl or cyclic N) is 1. The van der Waals surface area contributed by atoms with Crippen LogP contribution >= 0.6 is 11.6 Å². The van der Waals surface area contributed by atoms with Crippen LogP contribution in [0.2, 0.25) is 5.02 Å². The van der Waals surface area contributed by atoms with Crippen LogP contribution < -0.4 is 10.5 Å². The van der Waals surface area contributed by atoms with Gasteiger partial charge in [0.05, 0.1) is 16.7 Å². The van der Waals surface area contributed by atoms with Gasteiger partial charge in [0.1, 0.15) is 17.9 Å². The second-order valence-corrected chi connectivity index (χ2v) is 5.67. The van der Waals surface area contributed by atoms with Crippen molar-refractivity contribution in [1.82, 2.24) is 4.90 Å². The molecule has 0 radical (unpaired) electrons. The normalized spacial score (nSPS) is 18.2. The SMILES string of the molecule is N#Cc1ccc(OC2CCN(C[C@H](O)CN)CC2)cc1Cl. The zero-order chi connectivity index (χ0) is 15.2. The first-order chi connectivity index (χ1) is 10.1. The predicted molar refractivity (Wildman–Crippen MR) is 81.3 cm³/mol. The lowest BCUT2D eigenvalue weighted by Crippen LogP contribution is -2.43. The summed E-state index contributed by atoms with van der Waals surface area (Å²) in [7, 11) is 0. The summed E-state index contributed by atoms with van der Waals surface area (Å²) in [5.41, 5.74) is 5.87. The molecule has 0 bridgehead atoms. The van der Waals surface area contributed by atoms with Gasteiger partial charge in [-0.25, -0.2) is 0 Å². The highest BCUT2D eigenvalue weighted by atomic mass is 35.5. The van der Waals surface area contributed by atoms with E-state index in [0.29, 0.717) is 29.4 Å². The Morgan fingerprint density at radius 2 is 2.19 bits per heavy atom. The van der Waals surface area contributed by atoms with Crippen molar-refractivity contribution in [3.05, 3.63) is 28.8 Å². The van der Waals surface area contributed by atoms with E-state index in [0.717, 1.165) is 25.9 Å². The molecule has 1 aliphatic rings. The summed E-state index contributed by atoms with van der Waals surface area (Å²) in [6.07, 6.45) is 1.48. The van der Waals surface area contributed by atoms with E-state index in [2.05, 4.69) is 4.90 Å². The Labute approximate surface area is 129 Å². The summed E-state index contributed by atoms with van der Waals surface area (Å²) in [4.78, 5) is 2.20. The van der Waals surface area contributed by atoms with Crippen LogP contribution in [-0.4, -0.2) is 48.4 Å². The fraction of sp³-hybridized carbons (Fsp3) is 0.533. The molecule has 1 aromatic rings. The zero-order valence-electron chi connectivity index (χ0n) is 11.8. The number of nitriles is 1. The maximum Gasteiger partial charge on any atom is 0.121 e. The van der Waals surface area contributed by atoms with Gasteiger partial charge in [-0.2, -0.15) is 5.26 Å². The molecule has 0 spiro atoms. The molecule has 114 valence electrons. The molecule has 1 aromatic carbocycles. The minimum atomic E-state index is -0.459. The maximum atomic E-state index is 9.55. The molecule has 0 amide bonds. The van der Waals surface area contributed by atoms with Gasteiger partial charge in [0.25, 0.3) is 0 Å². The summed E-state index contributed by atoms with van der Waals surface area (Å²) in [6.45, 7) is 2.67. The average molecular weight is 310 g/mol. The average Bonchev–Trinajstić information content (AvgIpc) is 2.49. The minimum Gasteiger partial charge on any atom is -0.490 e. The molecular weight excluding hydrogens is 290 g/mol. The monoisotopic (exact) mass is 309 g/mol. The summed E-state index contributed by atoms with van der Waals surface area (Å²) >= 11 is 5.99. The van der Waals surface area contributed by atoms with Gasteiger partial charge in [-0.1, -0.05) is 11.6 Å². The van der Waals surface area contributed by atoms with Crippen LogP contribution in [0.25, 0.3) is 0 Å². The van der Waals surface area contributed by atoms with Crippen molar-refractivity contribution >= 4 is 11.6 Å². The van der Waals surface area contributed by atoms with Crippen molar-refractivity contribution in [1.29, 1.82) is 5.26 Å². The van der Waals surface area contributed by atoms with E-state index in [-0.39, 0.29) is 6.10 Å². The first-order valence-corrected chi connectivity index (χ1v) is 7.47. The zero-order valence-corrected chi connectivity index (χ0v) is 12.6. The largest absolute Gasteiger partial charge is 0.490 e. The Hall–Kier alpha value is -1.32. The molecule has 0 saturated carbocycles. The molecule has 0 aromatic heterocycles. The summed E-state index contributed by atoms with van der Waals surface area (Å²) in [6, 6.07) is 7.16. The third kappa shape index (κ3) is 4.58. The quantitative estimate of drug-likeness (QED) is 0.858. The van der Waals surface area contributed by atoms with Crippen molar-refractivity contribution in [2.75, 3.05) is 26.2 Å². The van der Waals surface area contributed by atoms with Crippen LogP contribution in [0.1, 0.15) is 18.4 Å². The van der Waals surface area contributed by atoms with Gasteiger partial charge in [-0.05, 0) is 25.0 Å². The number of hydrogen-bond acceptors (Lipinski definition) is 5. The van der Waals surface area contributed by atoms with Gasteiger partial charge in [0, 0.05) is 32.2 Å². The molecule has 5 nitrogen and oxygen atoms in total. The van der Waals surface area contributed by atoms with Gasteiger partial charge in [0.15, 0.2) is 0 Å². The first-order valence-electron chi connectivity index (χ1n) is 7.09. The van der Waals surface area contributed by atoms with E-state index in [1.807, 2.05) is 6.07 Å². The summed E-state index contributed by atoms with van der Waals surface area (Å²) < 4.78 is 5.91. The number of ether oxygens (including phenoxy) is 1. The van der Waals surface area contributed by atoms with Crippen molar-refractivity contribution in [2.45, 2.75) is 25.0 Å². The maximum absolute atomic E-state index is 9.55. The molecular formula is C15H20ClN3O2. The molecule has 1 aliphatic heterocycles. The highest BCUT2D eigenvalue weighted by Gasteiger charge is 2.22. The number of aliphatic hydroxyl groups excluding tert-OH is 1. The number of nitrogens with zero attached hydrogens (tertiary/aromatic N) is 2. The molecule has 1 heterocycles. The second-order valence-electron chi connectivity index (χ2n) is 5.26. The Kier molecular flexibility index (Phi) is 5.83. The molecule has 0 aliphatic carbocycles. The lowest BCUT2D eigenvalue weighted by molar-refractivity contribution is 0.0641. The number of piperidine rings is 1. The molecule has 6 heteroatoms. The van der Waals surface area contributed by atoms with E-state index >= 15 is 0 Å². The van der Waals surface area contributed by atoms with Crippen molar-refractivity contribution < 1.29 is 9.84 Å². The number of aliphatic hydroxyl groups is 1. The molecule has 1 saturated heterocycles. The van der Waals surface area contributed by atoms with Crippen molar-refractivity contribution in [2.24, 2.45) is 5.73 Å². The molecule has 0 unspecified atom stereocenters. The van der Waals surface area contributed by atoms with Gasteiger partial charge >= 0.3 is 0 Å². The number of benzene rings is 1. The van der Waals surface area contributed by atoms with Crippen LogP contribution in [0.15, 0.2) is 18.2 Å². The molecule has 2 rings (SSSR count). The van der Waals surface area contributed by atoms with Gasteiger partial charge in [-0.15, -0.1) is 0 Å². The number of rotatable bonds is 5. The second kappa shape index (κ2) is 7.62. The highest BCUT2D eigenvalue weighted by molar-refractivity contribution is 6.31. The smallest absolute Gasteiger partial charge is 0.121 e. The van der Waals surface area contributed by atoms with E-state index in [1.54, 1.807) is 18.2 Å². The van der Waals surface area contributed by atoms with Gasteiger partial charge in [-0.3, -0.25) is 0 Å². The van der Waals surface area contributed by atoms with Crippen LogP contribution in [0.4, 0.5) is 0 Å². The van der Waals surface area contributed by atoms with E-state index < -0.39 is 6.10 Å². The lowest BCUT2D eigenvalue weighted by atomic mass is 10.1. The Morgan fingerprint density at radius 1 is 1.48 bits per heavy atom. The van der Waals surface area contributed by atoms with E-state index in [9.17, 15) is 5.11 Å². The van der Waals surface area contributed by atoms with Gasteiger partial charge < -0.3 is 20.5 Å². The van der Waals surface area contributed by atoms with E-state index in [4.69, 9.17) is 27.3 Å². The highest BCUT2D eigenvalue weighted by Crippen LogP contribution is 2.25. The van der Waals surface area contributed by atoms with Gasteiger partial charge in [0.2, 0.25) is 0 Å². The Bertz CT molecular complexity index is 510. The molecule has 1 fully saturated rings. The van der Waals surface area contributed by atoms with Crippen molar-refractivity contribution in [3.8, 4) is 11.8 Å². The Morgan fingerprint density at radius 3 is 2.76 bits per heavy atom. The van der Waals surface area contributed by atoms with Crippen LogP contribution in [-0.2, 0) is 0 Å². The fourth-order valence-corrected chi connectivity index (χ4v) is 2.65. The molecule has 3 N–H and O–H groups in total. The predicted octanol–water partition coefficient (Wildman–Crippen LogP) is 1.37. The topological polar surface area (TPSA) is 82.5 Å². The third-order valence-electron chi connectivity index (χ3n) is 3.64. The fourth-order valence-electron chi connectivity index (χ4n) is 2.43. The lowest BCUT2D eigenvalue weighted by Gasteiger charge is -2.33. The van der Waals surface area contributed by atoms with Crippen LogP contribution in [0, 0.1) is 11.3 Å². The third-order valence-corrected chi connectivity index (χ3v) is 3.95.